The van der Waals surface area contributed by atoms with Gasteiger partial charge >= 0.3 is 0 Å². The van der Waals surface area contributed by atoms with Crippen LogP contribution in [0.25, 0.3) is 67.3 Å². The van der Waals surface area contributed by atoms with Gasteiger partial charge in [-0.15, -0.1) is 0 Å². The fraction of sp³-hybridized carbons (Fsp3) is 0. The molecule has 0 atom stereocenters. The van der Waals surface area contributed by atoms with E-state index in [0.717, 1.165) is 67.3 Å². The Bertz CT molecular complexity index is 2100. The fourth-order valence-corrected chi connectivity index (χ4v) is 5.90. The maximum Gasteiger partial charge on any atom is 0.0964 e. The number of hydrogen-bond donors (Lipinski definition) is 2. The number of nitrogen functional groups attached to an aromatic ring is 2. The zero-order valence-electron chi connectivity index (χ0n) is 23.5. The Morgan fingerprint density at radius 1 is 0.409 bits per heavy atom. The van der Waals surface area contributed by atoms with E-state index in [1.165, 1.54) is 0 Å². The predicted octanol–water partition coefficient (Wildman–Crippen LogP) is 7.32. The van der Waals surface area contributed by atoms with Gasteiger partial charge < -0.3 is 20.6 Å². The van der Waals surface area contributed by atoms with E-state index in [9.17, 15) is 0 Å². The van der Waals surface area contributed by atoms with E-state index in [0.29, 0.717) is 11.4 Å². The lowest BCUT2D eigenvalue weighted by Crippen LogP contribution is -2.06. The van der Waals surface area contributed by atoms with Crippen molar-refractivity contribution in [2.45, 2.75) is 0 Å². The van der Waals surface area contributed by atoms with Crippen LogP contribution >= 0.6 is 0 Å². The SMILES string of the molecule is Nc1c(-c2c(N)c3ccccc3n2-c2ccc(-c3ccccn3)nc2)n(-c2ccc(-c3ccccn3)nc2)c2ccccc12. The fourth-order valence-electron chi connectivity index (χ4n) is 5.90. The molecule has 4 N–H and O–H groups in total. The third-order valence-electron chi connectivity index (χ3n) is 7.92. The molecule has 44 heavy (non-hydrogen) atoms. The average Bonchev–Trinajstić information content (AvgIpc) is 3.55. The maximum atomic E-state index is 7.02. The molecule has 0 saturated carbocycles. The summed E-state index contributed by atoms with van der Waals surface area (Å²) in [4.78, 5) is 18.5. The van der Waals surface area contributed by atoms with E-state index in [1.807, 2.05) is 109 Å². The van der Waals surface area contributed by atoms with E-state index in [4.69, 9.17) is 21.4 Å². The molecule has 0 spiro atoms. The van der Waals surface area contributed by atoms with Gasteiger partial charge in [-0.3, -0.25) is 19.9 Å². The van der Waals surface area contributed by atoms with E-state index >= 15 is 0 Å². The second kappa shape index (κ2) is 10.2. The Hall–Kier alpha value is -6.28. The normalized spacial score (nSPS) is 11.4. The number of pyridine rings is 4. The van der Waals surface area contributed by atoms with Crippen LogP contribution in [0.2, 0.25) is 0 Å². The number of fused-ring (bicyclic) bond motifs is 2. The van der Waals surface area contributed by atoms with Gasteiger partial charge in [-0.1, -0.05) is 48.5 Å². The summed E-state index contributed by atoms with van der Waals surface area (Å²) in [5.74, 6) is 0. The van der Waals surface area contributed by atoms with Crippen molar-refractivity contribution in [1.29, 1.82) is 0 Å². The van der Waals surface area contributed by atoms with Crippen LogP contribution in [0, 0.1) is 0 Å². The molecular weight excluding hydrogens is 544 g/mol. The molecule has 6 aromatic heterocycles. The highest BCUT2D eigenvalue weighted by molar-refractivity contribution is 6.09. The van der Waals surface area contributed by atoms with E-state index in [1.54, 1.807) is 12.4 Å². The highest BCUT2D eigenvalue weighted by Crippen LogP contribution is 2.45. The first kappa shape index (κ1) is 25.4. The molecule has 8 aromatic rings. The number of aromatic nitrogens is 6. The van der Waals surface area contributed by atoms with Crippen molar-refractivity contribution in [3.8, 4) is 45.5 Å². The Labute approximate surface area is 252 Å². The zero-order chi connectivity index (χ0) is 29.6. The van der Waals surface area contributed by atoms with Crippen LogP contribution in [0.1, 0.15) is 0 Å². The third-order valence-corrected chi connectivity index (χ3v) is 7.92. The summed E-state index contributed by atoms with van der Waals surface area (Å²) in [6.07, 6.45) is 7.24. The van der Waals surface area contributed by atoms with Gasteiger partial charge in [0.15, 0.2) is 0 Å². The zero-order valence-corrected chi connectivity index (χ0v) is 23.5. The molecule has 0 saturated heterocycles. The lowest BCUT2D eigenvalue weighted by Gasteiger charge is -2.16. The second-order valence-corrected chi connectivity index (χ2v) is 10.5. The lowest BCUT2D eigenvalue weighted by atomic mass is 10.1. The number of anilines is 2. The molecule has 0 unspecified atom stereocenters. The lowest BCUT2D eigenvalue weighted by molar-refractivity contribution is 1.05. The van der Waals surface area contributed by atoms with Gasteiger partial charge in [0.2, 0.25) is 0 Å². The summed E-state index contributed by atoms with van der Waals surface area (Å²) in [6.45, 7) is 0. The maximum absolute atomic E-state index is 7.02. The summed E-state index contributed by atoms with van der Waals surface area (Å²) >= 11 is 0. The molecule has 8 nitrogen and oxygen atoms in total. The number of nitrogens with two attached hydrogens (primary N) is 2. The van der Waals surface area contributed by atoms with Gasteiger partial charge in [-0.05, 0) is 60.7 Å². The number of hydrogen-bond acceptors (Lipinski definition) is 6. The number of para-hydroxylation sites is 2. The van der Waals surface area contributed by atoms with Crippen LogP contribution in [0.4, 0.5) is 11.4 Å². The van der Waals surface area contributed by atoms with Crippen molar-refractivity contribution in [3.05, 3.63) is 134 Å². The van der Waals surface area contributed by atoms with Crippen LogP contribution < -0.4 is 11.5 Å². The molecule has 0 aliphatic heterocycles. The third kappa shape index (κ3) is 4.00. The Morgan fingerprint density at radius 3 is 1.20 bits per heavy atom. The van der Waals surface area contributed by atoms with Gasteiger partial charge in [0.05, 0.1) is 80.3 Å². The number of nitrogens with zero attached hydrogens (tertiary/aromatic N) is 6. The van der Waals surface area contributed by atoms with Gasteiger partial charge in [-0.25, -0.2) is 0 Å². The summed E-state index contributed by atoms with van der Waals surface area (Å²) in [5, 5.41) is 1.85. The molecule has 0 fully saturated rings. The molecule has 0 aliphatic carbocycles. The van der Waals surface area contributed by atoms with Gasteiger partial charge in [0, 0.05) is 23.2 Å². The molecule has 6 heterocycles. The van der Waals surface area contributed by atoms with Crippen LogP contribution in [0.5, 0.6) is 0 Å². The first-order valence-electron chi connectivity index (χ1n) is 14.2. The Morgan fingerprint density at radius 2 is 0.818 bits per heavy atom. The molecule has 0 amide bonds. The van der Waals surface area contributed by atoms with Gasteiger partial charge in [-0.2, -0.15) is 0 Å². The molecule has 8 rings (SSSR count). The van der Waals surface area contributed by atoms with Crippen molar-refractivity contribution in [1.82, 2.24) is 29.1 Å². The highest BCUT2D eigenvalue weighted by atomic mass is 15.1. The minimum atomic E-state index is 0.628. The Balaban J connectivity index is 1.38. The topological polar surface area (TPSA) is 113 Å². The standard InChI is InChI=1S/C36H26N8/c37-33-25-9-1-3-13-31(25)43(23-15-17-29(41-21-23)27-11-5-7-19-39-27)35(33)36-34(38)26-10-2-4-14-32(26)44(36)24-16-18-30(42-22-24)28-12-6-8-20-40-28/h1-22H,37-38H2. The minimum absolute atomic E-state index is 0.628. The van der Waals surface area contributed by atoms with Crippen molar-refractivity contribution >= 4 is 33.2 Å². The largest absolute Gasteiger partial charge is 0.396 e. The second-order valence-electron chi connectivity index (χ2n) is 10.5. The quantitative estimate of drug-likeness (QED) is 0.224. The predicted molar refractivity (Wildman–Crippen MR) is 176 cm³/mol. The Kier molecular flexibility index (Phi) is 5.90. The highest BCUT2D eigenvalue weighted by Gasteiger charge is 2.26. The summed E-state index contributed by atoms with van der Waals surface area (Å²) in [6, 6.07) is 35.8. The summed E-state index contributed by atoms with van der Waals surface area (Å²) in [7, 11) is 0. The molecule has 0 bridgehead atoms. The van der Waals surface area contributed by atoms with Gasteiger partial charge in [0.1, 0.15) is 0 Å². The van der Waals surface area contributed by atoms with Crippen LogP contribution in [0.15, 0.2) is 134 Å². The van der Waals surface area contributed by atoms with Crippen molar-refractivity contribution in [2.24, 2.45) is 0 Å². The van der Waals surface area contributed by atoms with Crippen LogP contribution in [-0.2, 0) is 0 Å². The molecule has 8 heteroatoms. The molecule has 2 aromatic carbocycles. The molecule has 0 radical (unpaired) electrons. The van der Waals surface area contributed by atoms with Gasteiger partial charge in [0.25, 0.3) is 0 Å². The number of benzene rings is 2. The monoisotopic (exact) mass is 570 g/mol. The smallest absolute Gasteiger partial charge is 0.0964 e. The van der Waals surface area contributed by atoms with Crippen molar-refractivity contribution in [3.63, 3.8) is 0 Å². The summed E-state index contributed by atoms with van der Waals surface area (Å²) < 4.78 is 4.27. The van der Waals surface area contributed by atoms with Crippen LogP contribution in [-0.4, -0.2) is 29.1 Å². The minimum Gasteiger partial charge on any atom is -0.396 e. The molecule has 0 aliphatic rings. The average molecular weight is 571 g/mol. The first-order chi connectivity index (χ1) is 21.7. The van der Waals surface area contributed by atoms with E-state index in [2.05, 4.69) is 31.2 Å². The number of rotatable bonds is 5. The van der Waals surface area contributed by atoms with Crippen molar-refractivity contribution < 1.29 is 0 Å². The van der Waals surface area contributed by atoms with E-state index in [-0.39, 0.29) is 0 Å². The molecular formula is C36H26N8. The van der Waals surface area contributed by atoms with E-state index < -0.39 is 0 Å². The summed E-state index contributed by atoms with van der Waals surface area (Å²) in [5.41, 5.74) is 23.7. The molecule has 210 valence electrons. The van der Waals surface area contributed by atoms with Crippen LogP contribution in [0.3, 0.4) is 0 Å². The first-order valence-corrected chi connectivity index (χ1v) is 14.2. The van der Waals surface area contributed by atoms with Crippen molar-refractivity contribution in [2.75, 3.05) is 11.5 Å².